The van der Waals surface area contributed by atoms with E-state index in [1.807, 2.05) is 23.2 Å². The molecule has 1 unspecified atom stereocenters. The van der Waals surface area contributed by atoms with Gasteiger partial charge in [-0.1, -0.05) is 20.8 Å². The van der Waals surface area contributed by atoms with Crippen molar-refractivity contribution in [2.24, 2.45) is 11.3 Å². The highest BCUT2D eigenvalue weighted by Crippen LogP contribution is 2.42. The molecule has 0 radical (unpaired) electrons. The van der Waals surface area contributed by atoms with Crippen LogP contribution in [0.15, 0.2) is 24.7 Å². The molecule has 1 saturated heterocycles. The van der Waals surface area contributed by atoms with Crippen LogP contribution in [0.25, 0.3) is 21.1 Å². The lowest BCUT2D eigenvalue weighted by Gasteiger charge is -2.32. The lowest BCUT2D eigenvalue weighted by Crippen LogP contribution is -2.44. The maximum atomic E-state index is 13.2. The maximum Gasteiger partial charge on any atom is 0.226 e. The Kier molecular flexibility index (Phi) is 6.24. The molecule has 1 aliphatic heterocycles. The summed E-state index contributed by atoms with van der Waals surface area (Å²) in [5.41, 5.74) is 3.04. The van der Waals surface area contributed by atoms with Crippen molar-refractivity contribution >= 4 is 49.9 Å². The quantitative estimate of drug-likeness (QED) is 0.393. The number of hydrogen-bond acceptors (Lipinski definition) is 8. The van der Waals surface area contributed by atoms with Crippen LogP contribution in [0.4, 0.5) is 11.5 Å². The SMILES string of the molecule is CC(C)(C)COc1cc2[nH]ncc2cc1Nc1ncnc2sc3c(c12)CCC(C(=O)N1CCOCC1)C3. The van der Waals surface area contributed by atoms with Gasteiger partial charge in [0, 0.05) is 35.3 Å². The van der Waals surface area contributed by atoms with Crippen molar-refractivity contribution in [2.75, 3.05) is 38.2 Å². The molecule has 2 N–H and O–H groups in total. The summed E-state index contributed by atoms with van der Waals surface area (Å²) in [6, 6.07) is 4.03. The number of nitrogens with one attached hydrogen (secondary N) is 2. The number of fused-ring (bicyclic) bond motifs is 4. The van der Waals surface area contributed by atoms with Crippen molar-refractivity contribution in [3.05, 3.63) is 35.1 Å². The van der Waals surface area contributed by atoms with Crippen LogP contribution in [0.1, 0.15) is 37.6 Å². The molecule has 1 amide bonds. The van der Waals surface area contributed by atoms with E-state index in [-0.39, 0.29) is 17.2 Å². The second kappa shape index (κ2) is 9.57. The molecule has 194 valence electrons. The van der Waals surface area contributed by atoms with Crippen LogP contribution in [0.5, 0.6) is 5.75 Å². The normalized spacial score (nSPS) is 18.2. The van der Waals surface area contributed by atoms with E-state index >= 15 is 0 Å². The third-order valence-corrected chi connectivity index (χ3v) is 8.13. The van der Waals surface area contributed by atoms with Crippen molar-refractivity contribution in [1.29, 1.82) is 0 Å². The molecule has 0 bridgehead atoms. The zero-order valence-electron chi connectivity index (χ0n) is 21.5. The Morgan fingerprint density at radius 2 is 2.11 bits per heavy atom. The first-order valence-electron chi connectivity index (χ1n) is 12.8. The Morgan fingerprint density at radius 3 is 2.92 bits per heavy atom. The minimum Gasteiger partial charge on any atom is -0.491 e. The van der Waals surface area contributed by atoms with Crippen LogP contribution in [0, 0.1) is 11.3 Å². The summed E-state index contributed by atoms with van der Waals surface area (Å²) in [6.45, 7) is 9.66. The minimum atomic E-state index is 0.0175. The van der Waals surface area contributed by atoms with Crippen molar-refractivity contribution in [1.82, 2.24) is 25.1 Å². The van der Waals surface area contributed by atoms with E-state index in [1.54, 1.807) is 17.7 Å². The number of aromatic nitrogens is 4. The van der Waals surface area contributed by atoms with E-state index in [0.29, 0.717) is 32.9 Å². The van der Waals surface area contributed by atoms with E-state index in [2.05, 4.69) is 46.3 Å². The minimum absolute atomic E-state index is 0.0175. The molecule has 37 heavy (non-hydrogen) atoms. The number of morpholine rings is 1. The number of amides is 1. The summed E-state index contributed by atoms with van der Waals surface area (Å²) < 4.78 is 11.7. The third-order valence-electron chi connectivity index (χ3n) is 6.97. The number of anilines is 2. The van der Waals surface area contributed by atoms with Gasteiger partial charge in [-0.25, -0.2) is 9.97 Å². The van der Waals surface area contributed by atoms with Gasteiger partial charge in [-0.3, -0.25) is 9.89 Å². The molecule has 0 saturated carbocycles. The van der Waals surface area contributed by atoms with E-state index in [1.165, 1.54) is 10.4 Å². The smallest absolute Gasteiger partial charge is 0.226 e. The molecule has 1 atom stereocenters. The highest BCUT2D eigenvalue weighted by molar-refractivity contribution is 7.19. The molecule has 1 aliphatic carbocycles. The monoisotopic (exact) mass is 520 g/mol. The fourth-order valence-electron chi connectivity index (χ4n) is 5.07. The van der Waals surface area contributed by atoms with E-state index in [4.69, 9.17) is 9.47 Å². The number of ether oxygens (including phenoxy) is 2. The predicted octanol–water partition coefficient (Wildman–Crippen LogP) is 4.70. The van der Waals surface area contributed by atoms with Crippen molar-refractivity contribution in [3.63, 3.8) is 0 Å². The molecule has 6 rings (SSSR count). The number of hydrogen-bond donors (Lipinski definition) is 2. The molecule has 4 heterocycles. The zero-order valence-corrected chi connectivity index (χ0v) is 22.3. The van der Waals surface area contributed by atoms with Crippen LogP contribution in [0.2, 0.25) is 0 Å². The van der Waals surface area contributed by atoms with Crippen LogP contribution in [-0.4, -0.2) is 63.9 Å². The highest BCUT2D eigenvalue weighted by Gasteiger charge is 2.32. The first-order chi connectivity index (χ1) is 17.9. The van der Waals surface area contributed by atoms with Gasteiger partial charge < -0.3 is 19.7 Å². The summed E-state index contributed by atoms with van der Waals surface area (Å²) in [5.74, 6) is 1.79. The molecule has 9 nitrogen and oxygen atoms in total. The van der Waals surface area contributed by atoms with E-state index in [9.17, 15) is 4.79 Å². The number of aryl methyl sites for hydroxylation is 1. The van der Waals surface area contributed by atoms with Gasteiger partial charge in [0.1, 0.15) is 22.7 Å². The van der Waals surface area contributed by atoms with Crippen LogP contribution >= 0.6 is 11.3 Å². The van der Waals surface area contributed by atoms with Gasteiger partial charge in [0.15, 0.2) is 0 Å². The Morgan fingerprint density at radius 1 is 1.27 bits per heavy atom. The van der Waals surface area contributed by atoms with Gasteiger partial charge >= 0.3 is 0 Å². The van der Waals surface area contributed by atoms with Crippen LogP contribution in [0.3, 0.4) is 0 Å². The number of nitrogens with zero attached hydrogens (tertiary/aromatic N) is 4. The Labute approximate surface area is 219 Å². The first-order valence-corrected chi connectivity index (χ1v) is 13.7. The summed E-state index contributed by atoms with van der Waals surface area (Å²) >= 11 is 1.68. The summed E-state index contributed by atoms with van der Waals surface area (Å²) in [5, 5.41) is 12.8. The van der Waals surface area contributed by atoms with Crippen molar-refractivity contribution in [3.8, 4) is 5.75 Å². The lowest BCUT2D eigenvalue weighted by atomic mass is 9.86. The maximum absolute atomic E-state index is 13.2. The zero-order chi connectivity index (χ0) is 25.6. The van der Waals surface area contributed by atoms with E-state index < -0.39 is 0 Å². The van der Waals surface area contributed by atoms with Gasteiger partial charge in [0.25, 0.3) is 0 Å². The molecule has 0 spiro atoms. The van der Waals surface area contributed by atoms with Gasteiger partial charge in [0.2, 0.25) is 5.91 Å². The van der Waals surface area contributed by atoms with Gasteiger partial charge in [0.05, 0.1) is 42.6 Å². The fourth-order valence-corrected chi connectivity index (χ4v) is 6.34. The van der Waals surface area contributed by atoms with Crippen LogP contribution in [-0.2, 0) is 22.4 Å². The number of thiophene rings is 1. The number of H-pyrrole nitrogens is 1. The molecule has 10 heteroatoms. The standard InChI is InChI=1S/C27H32N6O3S/c1-27(2,3)14-36-21-12-19-17(13-30-32-19)10-20(21)31-24-23-18-5-4-16(26(34)33-6-8-35-9-7-33)11-22(18)37-25(23)29-15-28-24/h10,12-13,15-16H,4-9,11,14H2,1-3H3,(H,30,32)(H,28,29,31). The number of rotatable bonds is 5. The Balaban J connectivity index is 1.31. The van der Waals surface area contributed by atoms with E-state index in [0.717, 1.165) is 57.6 Å². The molecular weight excluding hydrogens is 488 g/mol. The summed E-state index contributed by atoms with van der Waals surface area (Å²) in [7, 11) is 0. The molecular formula is C27H32N6O3S. The predicted molar refractivity (Wildman–Crippen MR) is 145 cm³/mol. The van der Waals surface area contributed by atoms with Gasteiger partial charge in [-0.15, -0.1) is 11.3 Å². The Hall–Kier alpha value is -3.24. The number of carbonyl (C=O) groups excluding carboxylic acids is 1. The van der Waals surface area contributed by atoms with Crippen molar-refractivity contribution < 1.29 is 14.3 Å². The first kappa shape index (κ1) is 24.1. The summed E-state index contributed by atoms with van der Waals surface area (Å²) in [6.07, 6.45) is 5.85. The molecule has 1 fully saturated rings. The van der Waals surface area contributed by atoms with Gasteiger partial charge in [-0.05, 0) is 36.3 Å². The molecule has 3 aromatic heterocycles. The fraction of sp³-hybridized carbons (Fsp3) is 0.481. The third kappa shape index (κ3) is 4.87. The molecule has 4 aromatic rings. The summed E-state index contributed by atoms with van der Waals surface area (Å²) in [4.78, 5) is 26.5. The highest BCUT2D eigenvalue weighted by atomic mass is 32.1. The molecule has 2 aliphatic rings. The van der Waals surface area contributed by atoms with Gasteiger partial charge in [-0.2, -0.15) is 5.10 Å². The number of benzene rings is 1. The second-order valence-corrected chi connectivity index (χ2v) is 12.1. The lowest BCUT2D eigenvalue weighted by molar-refractivity contribution is -0.140. The topological polar surface area (TPSA) is 105 Å². The number of aromatic amines is 1. The average Bonchev–Trinajstić information content (AvgIpc) is 3.50. The largest absolute Gasteiger partial charge is 0.491 e. The Bertz CT molecular complexity index is 1450. The molecule has 1 aromatic carbocycles. The number of carbonyl (C=O) groups is 1. The van der Waals surface area contributed by atoms with Crippen molar-refractivity contribution in [2.45, 2.75) is 40.0 Å². The second-order valence-electron chi connectivity index (χ2n) is 11.1. The van der Waals surface area contributed by atoms with Crippen LogP contribution < -0.4 is 10.1 Å². The average molecular weight is 521 g/mol.